The highest BCUT2D eigenvalue weighted by Gasteiger charge is 2.30. The van der Waals surface area contributed by atoms with Gasteiger partial charge in [0.2, 0.25) is 0 Å². The molecule has 1 saturated heterocycles. The number of nitrogens with two attached hydrogens (primary N) is 1. The number of primary amides is 1. The predicted molar refractivity (Wildman–Crippen MR) is 121 cm³/mol. The molecule has 0 spiro atoms. The highest BCUT2D eigenvalue weighted by molar-refractivity contribution is 7.71. The minimum atomic E-state index is -2.69. The molecule has 33 heavy (non-hydrogen) atoms. The molecular weight excluding hydrogens is 448 g/mol. The molecule has 0 radical (unpaired) electrons. The van der Waals surface area contributed by atoms with Crippen LogP contribution in [0.2, 0.25) is 0 Å². The van der Waals surface area contributed by atoms with E-state index in [0.717, 1.165) is 0 Å². The lowest BCUT2D eigenvalue weighted by Crippen LogP contribution is -2.39. The molecule has 12 heteroatoms. The number of carbonyl (C=O) groups excluding carboxylic acids is 2. The molecule has 2 aromatic heterocycles. The van der Waals surface area contributed by atoms with Gasteiger partial charge in [-0.3, -0.25) is 9.48 Å². The fourth-order valence-electron chi connectivity index (χ4n) is 3.82. The van der Waals surface area contributed by atoms with Crippen LogP contribution in [0.15, 0.2) is 18.3 Å². The number of aromatic nitrogens is 4. The molecule has 0 aliphatic carbocycles. The second kappa shape index (κ2) is 8.67. The Hall–Kier alpha value is -3.12. The van der Waals surface area contributed by atoms with Crippen LogP contribution in [0.3, 0.4) is 0 Å². The quantitative estimate of drug-likeness (QED) is 0.522. The second-order valence-electron chi connectivity index (χ2n) is 9.12. The number of thiol groups is 1. The first-order valence-corrected chi connectivity index (χ1v) is 12.0. The van der Waals surface area contributed by atoms with Crippen LogP contribution >= 0.6 is 0 Å². The summed E-state index contributed by atoms with van der Waals surface area (Å²) in [6, 6.07) is 3.41. The Morgan fingerprint density at radius 2 is 1.91 bits per heavy atom. The van der Waals surface area contributed by atoms with Crippen LogP contribution in [-0.4, -0.2) is 58.2 Å². The van der Waals surface area contributed by atoms with Gasteiger partial charge in [-0.2, -0.15) is 5.10 Å². The Kier molecular flexibility index (Phi) is 6.06. The second-order valence-corrected chi connectivity index (χ2v) is 10.1. The van der Waals surface area contributed by atoms with Crippen LogP contribution in [0.5, 0.6) is 0 Å². The topological polar surface area (TPSA) is 150 Å². The summed E-state index contributed by atoms with van der Waals surface area (Å²) in [5, 5.41) is 7.41. The molecule has 1 amide bonds. The average Bonchev–Trinajstić information content (AvgIpc) is 3.13. The number of nitrogens with zero attached hydrogens (tertiary/aromatic N) is 5. The molecule has 0 atom stereocenters. The number of rotatable bonds is 5. The lowest BCUT2D eigenvalue weighted by molar-refractivity contribution is -0.205. The van der Waals surface area contributed by atoms with Crippen LogP contribution in [0.4, 0.5) is 0 Å². The molecule has 2 N–H and O–H groups in total. The molecule has 0 saturated carbocycles. The van der Waals surface area contributed by atoms with Crippen molar-refractivity contribution in [2.75, 3.05) is 13.1 Å². The van der Waals surface area contributed by atoms with Crippen molar-refractivity contribution >= 4 is 44.4 Å². The summed E-state index contributed by atoms with van der Waals surface area (Å²) < 4.78 is 24.1. The molecule has 11 nitrogen and oxygen atoms in total. The Labute approximate surface area is 191 Å². The first kappa shape index (κ1) is 23.1. The molecule has 1 aromatic carbocycles. The molecule has 1 fully saturated rings. The van der Waals surface area contributed by atoms with Crippen molar-refractivity contribution in [2.24, 2.45) is 11.1 Å². The standard InChI is InChI=1S/C21H26N6O5S/c1-21(2,3)20(29)32-26-8-6-13(7-9-26)27-18-14(17(25-27)19(22)28)5-4-12-10-23-15(11-33(30)31)24-16(12)18/h4-5,10,13,33H,6-9,11H2,1-3H3,(H2,22,28). The number of fused-ring (bicyclic) bond motifs is 3. The first-order chi connectivity index (χ1) is 15.5. The van der Waals surface area contributed by atoms with Gasteiger partial charge in [0.05, 0.1) is 22.5 Å². The minimum absolute atomic E-state index is 0.0923. The molecule has 3 aromatic rings. The lowest BCUT2D eigenvalue weighted by atomic mass is 9.98. The summed E-state index contributed by atoms with van der Waals surface area (Å²) >= 11 is 0. The smallest absolute Gasteiger partial charge is 0.330 e. The zero-order valence-corrected chi connectivity index (χ0v) is 19.5. The van der Waals surface area contributed by atoms with Gasteiger partial charge in [0.15, 0.2) is 5.69 Å². The summed E-state index contributed by atoms with van der Waals surface area (Å²) in [7, 11) is -2.69. The summed E-state index contributed by atoms with van der Waals surface area (Å²) in [6.45, 7) is 6.40. The van der Waals surface area contributed by atoms with Crippen molar-refractivity contribution in [3.63, 3.8) is 0 Å². The number of carbonyl (C=O) groups is 2. The van der Waals surface area contributed by atoms with Crippen LogP contribution in [0.1, 0.15) is 56.0 Å². The van der Waals surface area contributed by atoms with E-state index >= 15 is 0 Å². The molecule has 3 heterocycles. The maximum Gasteiger partial charge on any atom is 0.330 e. The lowest BCUT2D eigenvalue weighted by Gasteiger charge is -2.32. The summed E-state index contributed by atoms with van der Waals surface area (Å²) in [6.07, 6.45) is 2.80. The van der Waals surface area contributed by atoms with Crippen molar-refractivity contribution < 1.29 is 22.8 Å². The number of hydrogen-bond donors (Lipinski definition) is 2. The highest BCUT2D eigenvalue weighted by Crippen LogP contribution is 2.32. The van der Waals surface area contributed by atoms with Gasteiger partial charge >= 0.3 is 5.97 Å². The van der Waals surface area contributed by atoms with Gasteiger partial charge in [-0.1, -0.05) is 6.07 Å². The normalized spacial score (nSPS) is 16.0. The van der Waals surface area contributed by atoms with Crippen LogP contribution in [0.25, 0.3) is 21.8 Å². The van der Waals surface area contributed by atoms with Gasteiger partial charge in [0.1, 0.15) is 22.3 Å². The molecule has 0 bridgehead atoms. The highest BCUT2D eigenvalue weighted by atomic mass is 32.2. The van der Waals surface area contributed by atoms with Gasteiger partial charge in [-0.15, -0.1) is 5.06 Å². The van der Waals surface area contributed by atoms with E-state index in [2.05, 4.69) is 15.1 Å². The van der Waals surface area contributed by atoms with Gasteiger partial charge in [-0.05, 0) is 39.7 Å². The van der Waals surface area contributed by atoms with Gasteiger partial charge in [0, 0.05) is 30.1 Å². The molecule has 1 aliphatic rings. The van der Waals surface area contributed by atoms with E-state index in [1.807, 2.05) is 0 Å². The van der Waals surface area contributed by atoms with E-state index in [4.69, 9.17) is 10.6 Å². The summed E-state index contributed by atoms with van der Waals surface area (Å²) in [5.41, 5.74) is 6.23. The number of piperidine rings is 1. The number of hydrogen-bond acceptors (Lipinski definition) is 9. The van der Waals surface area contributed by atoms with Crippen LogP contribution in [-0.2, 0) is 26.1 Å². The predicted octanol–water partition coefficient (Wildman–Crippen LogP) is 1.33. The first-order valence-electron chi connectivity index (χ1n) is 10.6. The molecule has 176 valence electrons. The van der Waals surface area contributed by atoms with Crippen molar-refractivity contribution in [1.29, 1.82) is 0 Å². The van der Waals surface area contributed by atoms with E-state index in [9.17, 15) is 18.0 Å². The summed E-state index contributed by atoms with van der Waals surface area (Å²) in [4.78, 5) is 38.4. The number of hydroxylamine groups is 2. The Balaban J connectivity index is 1.72. The molecule has 1 aliphatic heterocycles. The van der Waals surface area contributed by atoms with E-state index in [0.29, 0.717) is 47.7 Å². The fourth-order valence-corrected chi connectivity index (χ4v) is 4.21. The third-order valence-electron chi connectivity index (χ3n) is 5.57. The van der Waals surface area contributed by atoms with E-state index in [-0.39, 0.29) is 29.3 Å². The Bertz CT molecular complexity index is 1310. The molecule has 0 unspecified atom stereocenters. The largest absolute Gasteiger partial charge is 0.367 e. The van der Waals surface area contributed by atoms with E-state index < -0.39 is 22.0 Å². The number of amides is 1. The maximum atomic E-state index is 12.2. The van der Waals surface area contributed by atoms with Crippen molar-refractivity contribution in [3.05, 3.63) is 29.8 Å². The fraction of sp³-hybridized carbons (Fsp3) is 0.476. The third-order valence-corrected chi connectivity index (χ3v) is 6.11. The Morgan fingerprint density at radius 1 is 1.21 bits per heavy atom. The van der Waals surface area contributed by atoms with Gasteiger partial charge in [-0.25, -0.2) is 23.2 Å². The van der Waals surface area contributed by atoms with Crippen molar-refractivity contribution in [2.45, 2.75) is 45.4 Å². The van der Waals surface area contributed by atoms with E-state index in [1.165, 1.54) is 0 Å². The monoisotopic (exact) mass is 474 g/mol. The molecule has 4 rings (SSSR count). The van der Waals surface area contributed by atoms with E-state index in [1.54, 1.807) is 48.8 Å². The minimum Gasteiger partial charge on any atom is -0.367 e. The number of benzene rings is 1. The van der Waals surface area contributed by atoms with Crippen LogP contribution < -0.4 is 5.73 Å². The zero-order chi connectivity index (χ0) is 23.9. The van der Waals surface area contributed by atoms with Crippen LogP contribution in [0, 0.1) is 5.41 Å². The average molecular weight is 475 g/mol. The molecular formula is C21H26N6O5S. The van der Waals surface area contributed by atoms with Crippen molar-refractivity contribution in [1.82, 2.24) is 24.8 Å². The Morgan fingerprint density at radius 3 is 2.52 bits per heavy atom. The maximum absolute atomic E-state index is 12.2. The van der Waals surface area contributed by atoms with Crippen molar-refractivity contribution in [3.8, 4) is 0 Å². The third kappa shape index (κ3) is 4.67. The SMILES string of the molecule is CC(C)(C)C(=O)ON1CCC(n2nc(C(N)=O)c3ccc4cnc(C[SH](=O)=O)nc4c32)CC1. The zero-order valence-electron chi connectivity index (χ0n) is 18.6. The summed E-state index contributed by atoms with van der Waals surface area (Å²) in [5.74, 6) is -1.07. The van der Waals surface area contributed by atoms with Gasteiger partial charge < -0.3 is 10.6 Å². The van der Waals surface area contributed by atoms with Gasteiger partial charge in [0.25, 0.3) is 5.91 Å².